The molecule has 0 aliphatic carbocycles. The second kappa shape index (κ2) is 4.71. The van der Waals surface area contributed by atoms with Crippen LogP contribution in [0.3, 0.4) is 0 Å². The molecule has 0 bridgehead atoms. The van der Waals surface area contributed by atoms with Gasteiger partial charge in [0.15, 0.2) is 0 Å². The van der Waals surface area contributed by atoms with Crippen LogP contribution in [0.5, 0.6) is 0 Å². The molecule has 0 fully saturated rings. The Balaban J connectivity index is 2.19. The Bertz CT molecular complexity index is 407. The number of rotatable bonds is 2. The minimum Gasteiger partial charge on any atom is -0.367 e. The van der Waals surface area contributed by atoms with Crippen LogP contribution in [0.15, 0.2) is 29.8 Å². The number of benzene rings is 1. The zero-order chi connectivity index (χ0) is 11.5. The molecule has 1 aliphatic rings. The maximum absolute atomic E-state index is 5.67. The number of nitrogens with two attached hydrogens (primary N) is 1. The van der Waals surface area contributed by atoms with Gasteiger partial charge in [-0.2, -0.15) is 0 Å². The normalized spacial score (nSPS) is 16.2. The molecular formula is C14H20N2. The lowest BCUT2D eigenvalue weighted by molar-refractivity contribution is 0.787. The van der Waals surface area contributed by atoms with Gasteiger partial charge >= 0.3 is 0 Å². The maximum atomic E-state index is 5.67. The van der Waals surface area contributed by atoms with Crippen molar-refractivity contribution in [1.82, 2.24) is 0 Å². The Morgan fingerprint density at radius 3 is 2.69 bits per heavy atom. The van der Waals surface area contributed by atoms with E-state index in [2.05, 4.69) is 43.0 Å². The summed E-state index contributed by atoms with van der Waals surface area (Å²) in [4.78, 5) is 2.42. The van der Waals surface area contributed by atoms with Gasteiger partial charge < -0.3 is 10.6 Å². The number of anilines is 1. The Labute approximate surface area is 97.8 Å². The average Bonchev–Trinajstić information content (AvgIpc) is 2.30. The summed E-state index contributed by atoms with van der Waals surface area (Å²) in [5.74, 6) is 0. The summed E-state index contributed by atoms with van der Waals surface area (Å²) in [5, 5.41) is 0. The van der Waals surface area contributed by atoms with Crippen molar-refractivity contribution < 1.29 is 0 Å². The van der Waals surface area contributed by atoms with Gasteiger partial charge in [0, 0.05) is 25.3 Å². The van der Waals surface area contributed by atoms with E-state index >= 15 is 0 Å². The number of aryl methyl sites for hydroxylation is 1. The highest BCUT2D eigenvalue weighted by molar-refractivity contribution is 5.52. The predicted octanol–water partition coefficient (Wildman–Crippen LogP) is 2.61. The molecule has 86 valence electrons. The van der Waals surface area contributed by atoms with Crippen LogP contribution in [0, 0.1) is 6.92 Å². The highest BCUT2D eigenvalue weighted by Gasteiger charge is 2.10. The molecule has 1 aliphatic heterocycles. The summed E-state index contributed by atoms with van der Waals surface area (Å²) >= 11 is 0. The van der Waals surface area contributed by atoms with Crippen LogP contribution in [0.1, 0.15) is 24.5 Å². The van der Waals surface area contributed by atoms with Crippen molar-refractivity contribution in [2.45, 2.75) is 26.8 Å². The molecule has 1 aromatic carbocycles. The van der Waals surface area contributed by atoms with Crippen LogP contribution in [0.4, 0.5) is 5.69 Å². The van der Waals surface area contributed by atoms with Crippen molar-refractivity contribution in [3.8, 4) is 0 Å². The van der Waals surface area contributed by atoms with E-state index in [4.69, 9.17) is 5.73 Å². The molecule has 2 N–H and O–H groups in total. The zero-order valence-corrected chi connectivity index (χ0v) is 10.2. The summed E-state index contributed by atoms with van der Waals surface area (Å²) in [6, 6.07) is 6.58. The molecule has 0 unspecified atom stereocenters. The molecule has 0 aromatic heterocycles. The molecule has 1 aromatic rings. The molecule has 2 nitrogen and oxygen atoms in total. The molecule has 16 heavy (non-hydrogen) atoms. The van der Waals surface area contributed by atoms with E-state index in [0.717, 1.165) is 13.1 Å². The Morgan fingerprint density at radius 2 is 2.12 bits per heavy atom. The highest BCUT2D eigenvalue weighted by Crippen LogP contribution is 2.22. The van der Waals surface area contributed by atoms with Gasteiger partial charge in [0.05, 0.1) is 0 Å². The van der Waals surface area contributed by atoms with Gasteiger partial charge in [0.25, 0.3) is 0 Å². The maximum Gasteiger partial charge on any atom is 0.0371 e. The Morgan fingerprint density at radius 1 is 1.31 bits per heavy atom. The minimum absolute atomic E-state index is 0.630. The molecule has 2 rings (SSSR count). The first kappa shape index (κ1) is 11.2. The molecule has 0 spiro atoms. The van der Waals surface area contributed by atoms with Gasteiger partial charge in [-0.05, 0) is 43.5 Å². The first-order chi connectivity index (χ1) is 7.70. The van der Waals surface area contributed by atoms with Gasteiger partial charge in [-0.25, -0.2) is 0 Å². The Kier molecular flexibility index (Phi) is 3.30. The smallest absolute Gasteiger partial charge is 0.0371 e. The highest BCUT2D eigenvalue weighted by atomic mass is 15.1. The standard InChI is InChI=1S/C14H20N2/c1-11-5-7-16(8-6-11)14-4-3-13(10-15)12(2)9-14/h3-5,9H,6-8,10,15H2,1-2H3. The SMILES string of the molecule is CC1=CCN(c2ccc(CN)c(C)c2)CC1. The van der Waals surface area contributed by atoms with Gasteiger partial charge in [0.1, 0.15) is 0 Å². The minimum atomic E-state index is 0.630. The van der Waals surface area contributed by atoms with Crippen LogP contribution in [-0.2, 0) is 6.54 Å². The molecule has 0 atom stereocenters. The van der Waals surface area contributed by atoms with Crippen LogP contribution < -0.4 is 10.6 Å². The van der Waals surface area contributed by atoms with Gasteiger partial charge in [-0.15, -0.1) is 0 Å². The van der Waals surface area contributed by atoms with Crippen LogP contribution >= 0.6 is 0 Å². The van der Waals surface area contributed by atoms with Gasteiger partial charge in [-0.1, -0.05) is 17.7 Å². The molecule has 0 radical (unpaired) electrons. The molecule has 0 saturated heterocycles. The lowest BCUT2D eigenvalue weighted by atomic mass is 10.1. The summed E-state index contributed by atoms with van der Waals surface area (Å²) in [5.41, 5.74) is 11.0. The summed E-state index contributed by atoms with van der Waals surface area (Å²) in [6.07, 6.45) is 3.49. The first-order valence-electron chi connectivity index (χ1n) is 5.91. The topological polar surface area (TPSA) is 29.3 Å². The predicted molar refractivity (Wildman–Crippen MR) is 69.7 cm³/mol. The van der Waals surface area contributed by atoms with Crippen molar-refractivity contribution in [3.05, 3.63) is 41.0 Å². The van der Waals surface area contributed by atoms with E-state index in [1.54, 1.807) is 0 Å². The molecule has 2 heteroatoms. The molecule has 1 heterocycles. The third-order valence-corrected chi connectivity index (χ3v) is 3.35. The van der Waals surface area contributed by atoms with Crippen molar-refractivity contribution in [2.24, 2.45) is 5.73 Å². The van der Waals surface area contributed by atoms with E-state index in [0.29, 0.717) is 6.54 Å². The summed E-state index contributed by atoms with van der Waals surface area (Å²) in [6.45, 7) is 7.14. The Hall–Kier alpha value is -1.28. The molecular weight excluding hydrogens is 196 g/mol. The van der Waals surface area contributed by atoms with Crippen LogP contribution in [0.25, 0.3) is 0 Å². The third-order valence-electron chi connectivity index (χ3n) is 3.35. The monoisotopic (exact) mass is 216 g/mol. The second-order valence-corrected chi connectivity index (χ2v) is 4.56. The second-order valence-electron chi connectivity index (χ2n) is 4.56. The molecule has 0 amide bonds. The fraction of sp³-hybridized carbons (Fsp3) is 0.429. The van der Waals surface area contributed by atoms with E-state index in [-0.39, 0.29) is 0 Å². The third kappa shape index (κ3) is 2.27. The number of hydrogen-bond donors (Lipinski definition) is 1. The number of nitrogens with zero attached hydrogens (tertiary/aromatic N) is 1. The van der Waals surface area contributed by atoms with Crippen LogP contribution in [-0.4, -0.2) is 13.1 Å². The van der Waals surface area contributed by atoms with Gasteiger partial charge in [0.2, 0.25) is 0 Å². The fourth-order valence-corrected chi connectivity index (χ4v) is 2.11. The summed E-state index contributed by atoms with van der Waals surface area (Å²) < 4.78 is 0. The fourth-order valence-electron chi connectivity index (χ4n) is 2.11. The molecule has 0 saturated carbocycles. The van der Waals surface area contributed by atoms with Crippen LogP contribution in [0.2, 0.25) is 0 Å². The largest absolute Gasteiger partial charge is 0.367 e. The van der Waals surface area contributed by atoms with E-state index in [1.165, 1.54) is 28.8 Å². The quantitative estimate of drug-likeness (QED) is 0.770. The lowest BCUT2D eigenvalue weighted by Crippen LogP contribution is -2.28. The average molecular weight is 216 g/mol. The number of hydrogen-bond acceptors (Lipinski definition) is 2. The lowest BCUT2D eigenvalue weighted by Gasteiger charge is -2.28. The van der Waals surface area contributed by atoms with E-state index in [9.17, 15) is 0 Å². The summed E-state index contributed by atoms with van der Waals surface area (Å²) in [7, 11) is 0. The first-order valence-corrected chi connectivity index (χ1v) is 5.91. The van der Waals surface area contributed by atoms with Crippen molar-refractivity contribution >= 4 is 5.69 Å². The van der Waals surface area contributed by atoms with E-state index < -0.39 is 0 Å². The zero-order valence-electron chi connectivity index (χ0n) is 10.2. The van der Waals surface area contributed by atoms with Gasteiger partial charge in [-0.3, -0.25) is 0 Å². The van der Waals surface area contributed by atoms with E-state index in [1.807, 2.05) is 0 Å². The van der Waals surface area contributed by atoms with Crippen molar-refractivity contribution in [2.75, 3.05) is 18.0 Å². The van der Waals surface area contributed by atoms with Crippen molar-refractivity contribution in [1.29, 1.82) is 0 Å². The van der Waals surface area contributed by atoms with Crippen molar-refractivity contribution in [3.63, 3.8) is 0 Å².